The molecule has 0 fully saturated rings. The van der Waals surface area contributed by atoms with Gasteiger partial charge in [-0.1, -0.05) is 0 Å². The van der Waals surface area contributed by atoms with E-state index in [4.69, 9.17) is 9.84 Å². The van der Waals surface area contributed by atoms with E-state index >= 15 is 0 Å². The summed E-state index contributed by atoms with van der Waals surface area (Å²) in [6.45, 7) is 0.139. The monoisotopic (exact) mass is 317 g/mol. The first-order chi connectivity index (χ1) is 11.1. The average molecular weight is 317 g/mol. The number of aliphatic hydroxyl groups is 1. The van der Waals surface area contributed by atoms with Gasteiger partial charge in [0.1, 0.15) is 11.4 Å². The summed E-state index contributed by atoms with van der Waals surface area (Å²) in [5, 5.41) is 22.4. The fourth-order valence-electron chi connectivity index (χ4n) is 1.98. The molecule has 0 aliphatic heterocycles. The van der Waals surface area contributed by atoms with Gasteiger partial charge in [0.25, 0.3) is 5.69 Å². The number of ether oxygens (including phenoxy) is 1. The van der Waals surface area contributed by atoms with Crippen LogP contribution in [-0.4, -0.2) is 41.2 Å². The maximum Gasteiger partial charge on any atom is 0.341 e. The van der Waals surface area contributed by atoms with Crippen molar-refractivity contribution in [1.82, 2.24) is 4.98 Å². The molecular weight excluding hydrogens is 302 g/mol. The van der Waals surface area contributed by atoms with Crippen LogP contribution in [0.5, 0.6) is 0 Å². The fourth-order valence-corrected chi connectivity index (χ4v) is 1.98. The number of anilines is 1. The summed E-state index contributed by atoms with van der Waals surface area (Å²) in [5.74, 6) is -0.265. The lowest BCUT2D eigenvalue weighted by atomic mass is 10.1. The molecule has 0 spiro atoms. The normalized spacial score (nSPS) is 10.2. The number of esters is 1. The Morgan fingerprint density at radius 2 is 2.04 bits per heavy atom. The predicted molar refractivity (Wildman–Crippen MR) is 83.2 cm³/mol. The number of nitrogens with one attached hydrogen (secondary N) is 1. The van der Waals surface area contributed by atoms with Crippen LogP contribution in [0.25, 0.3) is 11.1 Å². The molecule has 1 aromatic heterocycles. The van der Waals surface area contributed by atoms with Crippen molar-refractivity contribution >= 4 is 17.5 Å². The number of pyridine rings is 1. The molecule has 0 radical (unpaired) electrons. The highest BCUT2D eigenvalue weighted by Gasteiger charge is 2.15. The number of carbonyl (C=O) groups excluding carboxylic acids is 1. The van der Waals surface area contributed by atoms with Crippen molar-refractivity contribution in [3.05, 3.63) is 52.2 Å². The molecule has 120 valence electrons. The van der Waals surface area contributed by atoms with Crippen LogP contribution in [0.4, 0.5) is 11.5 Å². The Morgan fingerprint density at radius 1 is 1.35 bits per heavy atom. The minimum absolute atomic E-state index is 0.0175. The first-order valence-corrected chi connectivity index (χ1v) is 6.74. The van der Waals surface area contributed by atoms with E-state index in [-0.39, 0.29) is 24.4 Å². The second-order valence-electron chi connectivity index (χ2n) is 4.57. The third kappa shape index (κ3) is 3.80. The van der Waals surface area contributed by atoms with E-state index < -0.39 is 10.9 Å². The van der Waals surface area contributed by atoms with Crippen LogP contribution in [0.3, 0.4) is 0 Å². The summed E-state index contributed by atoms with van der Waals surface area (Å²) >= 11 is 0. The third-order valence-corrected chi connectivity index (χ3v) is 3.11. The van der Waals surface area contributed by atoms with Gasteiger partial charge in [-0.25, -0.2) is 9.78 Å². The average Bonchev–Trinajstić information content (AvgIpc) is 2.59. The van der Waals surface area contributed by atoms with E-state index in [0.717, 1.165) is 0 Å². The summed E-state index contributed by atoms with van der Waals surface area (Å²) < 4.78 is 4.73. The molecule has 0 aliphatic rings. The highest BCUT2D eigenvalue weighted by Crippen LogP contribution is 2.25. The fraction of sp³-hybridized carbons (Fsp3) is 0.200. The second-order valence-corrected chi connectivity index (χ2v) is 4.57. The Labute approximate surface area is 131 Å². The molecule has 8 nitrogen and oxygen atoms in total. The van der Waals surface area contributed by atoms with Crippen LogP contribution in [-0.2, 0) is 4.74 Å². The SMILES string of the molecule is COC(=O)c1cc(-c2ccc([N+](=O)[O-])cc2)cnc1NCCO. The van der Waals surface area contributed by atoms with E-state index in [1.54, 1.807) is 18.2 Å². The highest BCUT2D eigenvalue weighted by molar-refractivity contribution is 5.96. The summed E-state index contributed by atoms with van der Waals surface area (Å²) in [6.07, 6.45) is 1.54. The zero-order valence-electron chi connectivity index (χ0n) is 12.4. The van der Waals surface area contributed by atoms with Gasteiger partial charge in [0, 0.05) is 30.4 Å². The Balaban J connectivity index is 2.39. The standard InChI is InChI=1S/C15H15N3O5/c1-23-15(20)13-8-11(9-17-14(13)16-6-7-19)10-2-4-12(5-3-10)18(21)22/h2-5,8-9,19H,6-7H2,1H3,(H,16,17). The molecule has 1 aromatic carbocycles. The molecule has 2 rings (SSSR count). The molecule has 0 bridgehead atoms. The summed E-state index contributed by atoms with van der Waals surface area (Å²) in [6, 6.07) is 7.50. The van der Waals surface area contributed by atoms with Crippen LogP contribution in [0, 0.1) is 10.1 Å². The van der Waals surface area contributed by atoms with E-state index in [1.807, 2.05) is 0 Å². The van der Waals surface area contributed by atoms with E-state index in [1.165, 1.54) is 25.4 Å². The quantitative estimate of drug-likeness (QED) is 0.474. The maximum atomic E-state index is 11.9. The molecule has 23 heavy (non-hydrogen) atoms. The number of aliphatic hydroxyl groups excluding tert-OH is 1. The molecule has 0 amide bonds. The molecule has 0 saturated carbocycles. The molecule has 0 saturated heterocycles. The van der Waals surface area contributed by atoms with Crippen molar-refractivity contribution < 1.29 is 19.6 Å². The number of nitro groups is 1. The lowest BCUT2D eigenvalue weighted by Crippen LogP contribution is -2.13. The first kappa shape index (κ1) is 16.4. The van der Waals surface area contributed by atoms with E-state index in [9.17, 15) is 14.9 Å². The smallest absolute Gasteiger partial charge is 0.341 e. The van der Waals surface area contributed by atoms with Gasteiger partial charge in [-0.3, -0.25) is 10.1 Å². The number of nitrogens with zero attached hydrogens (tertiary/aromatic N) is 2. The van der Waals surface area contributed by atoms with Crippen LogP contribution in [0.1, 0.15) is 10.4 Å². The molecular formula is C15H15N3O5. The van der Waals surface area contributed by atoms with Gasteiger partial charge in [-0.2, -0.15) is 0 Å². The Hall–Kier alpha value is -3.00. The molecule has 0 atom stereocenters. The van der Waals surface area contributed by atoms with Gasteiger partial charge in [-0.05, 0) is 23.8 Å². The van der Waals surface area contributed by atoms with Gasteiger partial charge in [-0.15, -0.1) is 0 Å². The van der Waals surface area contributed by atoms with Crippen molar-refractivity contribution in [3.8, 4) is 11.1 Å². The number of hydrogen-bond donors (Lipinski definition) is 2. The largest absolute Gasteiger partial charge is 0.465 e. The molecule has 0 unspecified atom stereocenters. The number of hydrogen-bond acceptors (Lipinski definition) is 7. The molecule has 0 aliphatic carbocycles. The summed E-state index contributed by atoms with van der Waals surface area (Å²) in [4.78, 5) is 26.2. The summed E-state index contributed by atoms with van der Waals surface area (Å²) in [5.41, 5.74) is 1.50. The number of rotatable bonds is 6. The van der Waals surface area contributed by atoms with Crippen molar-refractivity contribution in [3.63, 3.8) is 0 Å². The Kier molecular flexibility index (Phi) is 5.21. The zero-order chi connectivity index (χ0) is 16.8. The van der Waals surface area contributed by atoms with Crippen LogP contribution in [0.2, 0.25) is 0 Å². The van der Waals surface area contributed by atoms with E-state index in [2.05, 4.69) is 10.3 Å². The predicted octanol–water partition coefficient (Wildman–Crippen LogP) is 1.85. The number of carbonyl (C=O) groups is 1. The summed E-state index contributed by atoms with van der Waals surface area (Å²) in [7, 11) is 1.26. The van der Waals surface area contributed by atoms with Crippen LogP contribution < -0.4 is 5.32 Å². The van der Waals surface area contributed by atoms with Gasteiger partial charge >= 0.3 is 5.97 Å². The van der Waals surface area contributed by atoms with Gasteiger partial charge in [0.2, 0.25) is 0 Å². The van der Waals surface area contributed by atoms with Crippen molar-refractivity contribution in [2.75, 3.05) is 25.6 Å². The molecule has 2 N–H and O–H groups in total. The lowest BCUT2D eigenvalue weighted by Gasteiger charge is -2.11. The maximum absolute atomic E-state index is 11.9. The second kappa shape index (κ2) is 7.32. The molecule has 2 aromatic rings. The van der Waals surface area contributed by atoms with Crippen LogP contribution >= 0.6 is 0 Å². The zero-order valence-corrected chi connectivity index (χ0v) is 12.4. The molecule has 8 heteroatoms. The van der Waals surface area contributed by atoms with Crippen LogP contribution in [0.15, 0.2) is 36.5 Å². The number of non-ortho nitro benzene ring substituents is 1. The highest BCUT2D eigenvalue weighted by atomic mass is 16.6. The molecule has 1 heterocycles. The van der Waals surface area contributed by atoms with E-state index in [0.29, 0.717) is 16.9 Å². The lowest BCUT2D eigenvalue weighted by molar-refractivity contribution is -0.384. The number of nitro benzene ring substituents is 1. The first-order valence-electron chi connectivity index (χ1n) is 6.74. The van der Waals surface area contributed by atoms with Crippen molar-refractivity contribution in [2.24, 2.45) is 0 Å². The number of aromatic nitrogens is 1. The van der Waals surface area contributed by atoms with Gasteiger partial charge < -0.3 is 15.2 Å². The third-order valence-electron chi connectivity index (χ3n) is 3.11. The van der Waals surface area contributed by atoms with Gasteiger partial charge in [0.15, 0.2) is 0 Å². The van der Waals surface area contributed by atoms with Crippen molar-refractivity contribution in [2.45, 2.75) is 0 Å². The number of benzene rings is 1. The number of methoxy groups -OCH3 is 1. The minimum atomic E-state index is -0.568. The van der Waals surface area contributed by atoms with Crippen molar-refractivity contribution in [1.29, 1.82) is 0 Å². The minimum Gasteiger partial charge on any atom is -0.465 e. The Bertz CT molecular complexity index is 716. The Morgan fingerprint density at radius 3 is 2.61 bits per heavy atom. The topological polar surface area (TPSA) is 115 Å². The van der Waals surface area contributed by atoms with Gasteiger partial charge in [0.05, 0.1) is 18.6 Å².